The van der Waals surface area contributed by atoms with E-state index in [0.717, 1.165) is 6.07 Å². The van der Waals surface area contributed by atoms with Crippen LogP contribution in [0.5, 0.6) is 5.75 Å². The summed E-state index contributed by atoms with van der Waals surface area (Å²) in [5.74, 6) is -0.453. The van der Waals surface area contributed by atoms with Gasteiger partial charge in [-0.05, 0) is 30.3 Å². The first-order valence-corrected chi connectivity index (χ1v) is 7.35. The SMILES string of the molecule is FC(F)(F)Oc1ccc(-n2c(I)nc3cccnc32)cc1Cl. The Kier molecular flexibility index (Phi) is 3.89. The zero-order valence-corrected chi connectivity index (χ0v) is 13.5. The molecule has 0 aliphatic rings. The molecule has 0 amide bonds. The fourth-order valence-electron chi connectivity index (χ4n) is 1.95. The third kappa shape index (κ3) is 2.98. The molecule has 0 fully saturated rings. The Morgan fingerprint density at radius 2 is 2.00 bits per heavy atom. The van der Waals surface area contributed by atoms with Crippen LogP contribution in [0, 0.1) is 3.83 Å². The third-order valence-corrected chi connectivity index (χ3v) is 3.79. The van der Waals surface area contributed by atoms with E-state index >= 15 is 0 Å². The molecule has 1 aromatic carbocycles. The number of aromatic nitrogens is 3. The summed E-state index contributed by atoms with van der Waals surface area (Å²) in [4.78, 5) is 8.57. The lowest BCUT2D eigenvalue weighted by atomic mass is 10.3. The van der Waals surface area contributed by atoms with Crippen molar-refractivity contribution in [3.63, 3.8) is 0 Å². The lowest BCUT2D eigenvalue weighted by Crippen LogP contribution is -2.17. The number of halogens is 5. The van der Waals surface area contributed by atoms with E-state index in [-0.39, 0.29) is 5.02 Å². The highest BCUT2D eigenvalue weighted by Gasteiger charge is 2.32. The minimum Gasteiger partial charge on any atom is -0.404 e. The number of ether oxygens (including phenoxy) is 1. The molecule has 0 aliphatic heterocycles. The van der Waals surface area contributed by atoms with Crippen molar-refractivity contribution in [3.05, 3.63) is 45.4 Å². The van der Waals surface area contributed by atoms with Crippen molar-refractivity contribution in [2.24, 2.45) is 0 Å². The van der Waals surface area contributed by atoms with Gasteiger partial charge in [-0.15, -0.1) is 13.2 Å². The van der Waals surface area contributed by atoms with Crippen molar-refractivity contribution in [3.8, 4) is 11.4 Å². The molecule has 0 unspecified atom stereocenters. The standard InChI is InChI=1S/C13H6ClF3IN3O/c14-8-6-7(3-4-10(8)22-13(15,16)17)21-11-9(20-12(21)18)2-1-5-19-11/h1-6H. The Labute approximate surface area is 141 Å². The molecule has 0 spiro atoms. The summed E-state index contributed by atoms with van der Waals surface area (Å²) in [6.07, 6.45) is -3.18. The highest BCUT2D eigenvalue weighted by Crippen LogP contribution is 2.32. The normalized spacial score (nSPS) is 11.9. The molecule has 2 aromatic heterocycles. The second-order valence-corrected chi connectivity index (χ2v) is 5.60. The molecule has 0 N–H and O–H groups in total. The first-order chi connectivity index (χ1) is 10.3. The smallest absolute Gasteiger partial charge is 0.404 e. The molecule has 0 saturated carbocycles. The van der Waals surface area contributed by atoms with Gasteiger partial charge in [0.25, 0.3) is 0 Å². The van der Waals surface area contributed by atoms with Crippen LogP contribution in [0.3, 0.4) is 0 Å². The van der Waals surface area contributed by atoms with Gasteiger partial charge in [-0.25, -0.2) is 9.97 Å². The van der Waals surface area contributed by atoms with E-state index in [1.165, 1.54) is 12.1 Å². The molecule has 0 radical (unpaired) electrons. The molecule has 114 valence electrons. The van der Waals surface area contributed by atoms with Crippen LogP contribution in [0.15, 0.2) is 36.5 Å². The predicted molar refractivity (Wildman–Crippen MR) is 83.3 cm³/mol. The van der Waals surface area contributed by atoms with Gasteiger partial charge >= 0.3 is 6.36 Å². The van der Waals surface area contributed by atoms with Gasteiger partial charge < -0.3 is 4.74 Å². The van der Waals surface area contributed by atoms with Crippen LogP contribution in [-0.4, -0.2) is 20.9 Å². The zero-order chi connectivity index (χ0) is 15.9. The number of imidazole rings is 1. The Morgan fingerprint density at radius 3 is 2.68 bits per heavy atom. The number of rotatable bonds is 2. The molecule has 4 nitrogen and oxygen atoms in total. The summed E-state index contributed by atoms with van der Waals surface area (Å²) in [7, 11) is 0. The van der Waals surface area contributed by atoms with Gasteiger partial charge in [0.15, 0.2) is 9.48 Å². The second kappa shape index (κ2) is 5.58. The average molecular weight is 440 g/mol. The maximum atomic E-state index is 12.3. The van der Waals surface area contributed by atoms with Gasteiger partial charge in [-0.1, -0.05) is 11.6 Å². The van der Waals surface area contributed by atoms with Crippen molar-refractivity contribution in [2.45, 2.75) is 6.36 Å². The van der Waals surface area contributed by atoms with Gasteiger partial charge in [0, 0.05) is 28.8 Å². The largest absolute Gasteiger partial charge is 0.573 e. The molecule has 0 aliphatic carbocycles. The van der Waals surface area contributed by atoms with Gasteiger partial charge in [0.2, 0.25) is 0 Å². The van der Waals surface area contributed by atoms with Crippen molar-refractivity contribution in [1.29, 1.82) is 0 Å². The summed E-state index contributed by atoms with van der Waals surface area (Å²) in [6.45, 7) is 0. The minimum absolute atomic E-state index is 0.150. The van der Waals surface area contributed by atoms with Crippen LogP contribution in [-0.2, 0) is 0 Å². The summed E-state index contributed by atoms with van der Waals surface area (Å²) in [6, 6.07) is 7.55. The molecular weight excluding hydrogens is 434 g/mol. The van der Waals surface area contributed by atoms with Crippen LogP contribution in [0.25, 0.3) is 16.9 Å². The van der Waals surface area contributed by atoms with Crippen LogP contribution in [0.1, 0.15) is 0 Å². The number of fused-ring (bicyclic) bond motifs is 1. The zero-order valence-electron chi connectivity index (χ0n) is 10.6. The predicted octanol–water partition coefficient (Wildman–Crippen LogP) is 4.58. The molecule has 9 heteroatoms. The van der Waals surface area contributed by atoms with Gasteiger partial charge in [-0.3, -0.25) is 4.57 Å². The highest BCUT2D eigenvalue weighted by molar-refractivity contribution is 14.1. The topological polar surface area (TPSA) is 39.9 Å². The third-order valence-electron chi connectivity index (χ3n) is 2.77. The monoisotopic (exact) mass is 439 g/mol. The number of alkyl halides is 3. The molecule has 3 rings (SSSR count). The molecule has 22 heavy (non-hydrogen) atoms. The summed E-state index contributed by atoms with van der Waals surface area (Å²) < 4.78 is 42.9. The Morgan fingerprint density at radius 1 is 1.23 bits per heavy atom. The lowest BCUT2D eigenvalue weighted by molar-refractivity contribution is -0.274. The number of benzene rings is 1. The quantitative estimate of drug-likeness (QED) is 0.549. The first-order valence-electron chi connectivity index (χ1n) is 5.90. The second-order valence-electron chi connectivity index (χ2n) is 4.22. The van der Waals surface area contributed by atoms with Crippen LogP contribution in [0.4, 0.5) is 13.2 Å². The van der Waals surface area contributed by atoms with Crippen LogP contribution < -0.4 is 4.74 Å². The number of nitrogens with zero attached hydrogens (tertiary/aromatic N) is 3. The highest BCUT2D eigenvalue weighted by atomic mass is 127. The van der Waals surface area contributed by atoms with Gasteiger partial charge in [-0.2, -0.15) is 0 Å². The molecular formula is C13H6ClF3IN3O. The van der Waals surface area contributed by atoms with E-state index in [2.05, 4.69) is 14.7 Å². The Bertz CT molecular complexity index is 850. The fourth-order valence-corrected chi connectivity index (χ4v) is 2.93. The summed E-state index contributed by atoms with van der Waals surface area (Å²) >= 11 is 7.89. The van der Waals surface area contributed by atoms with Gasteiger partial charge in [0.05, 0.1) is 10.7 Å². The first kappa shape index (κ1) is 15.3. The van der Waals surface area contributed by atoms with E-state index in [1.54, 1.807) is 22.9 Å². The maximum Gasteiger partial charge on any atom is 0.573 e. The van der Waals surface area contributed by atoms with E-state index in [4.69, 9.17) is 11.6 Å². The number of hydrogen-bond donors (Lipinski definition) is 0. The molecule has 0 saturated heterocycles. The van der Waals surface area contributed by atoms with Crippen molar-refractivity contribution >= 4 is 45.4 Å². The maximum absolute atomic E-state index is 12.3. The summed E-state index contributed by atoms with van der Waals surface area (Å²) in [5.41, 5.74) is 1.82. The van der Waals surface area contributed by atoms with Crippen molar-refractivity contribution in [1.82, 2.24) is 14.5 Å². The van der Waals surface area contributed by atoms with Crippen molar-refractivity contribution in [2.75, 3.05) is 0 Å². The van der Waals surface area contributed by atoms with Gasteiger partial charge in [0.1, 0.15) is 11.3 Å². The fraction of sp³-hybridized carbons (Fsp3) is 0.0769. The van der Waals surface area contributed by atoms with E-state index < -0.39 is 12.1 Å². The van der Waals surface area contributed by atoms with Crippen LogP contribution in [0.2, 0.25) is 5.02 Å². The minimum atomic E-state index is -4.79. The molecule has 2 heterocycles. The number of pyridine rings is 1. The van der Waals surface area contributed by atoms with E-state index in [0.29, 0.717) is 20.7 Å². The number of hydrogen-bond acceptors (Lipinski definition) is 3. The van der Waals surface area contributed by atoms with Crippen LogP contribution >= 0.6 is 34.2 Å². The molecule has 0 bridgehead atoms. The van der Waals surface area contributed by atoms with E-state index in [9.17, 15) is 13.2 Å². The molecule has 0 atom stereocenters. The average Bonchev–Trinajstić information content (AvgIpc) is 2.75. The van der Waals surface area contributed by atoms with E-state index in [1.807, 2.05) is 22.6 Å². The lowest BCUT2D eigenvalue weighted by Gasteiger charge is -2.12. The Balaban J connectivity index is 2.08. The summed E-state index contributed by atoms with van der Waals surface area (Å²) in [5, 5.41) is -0.150. The Hall–Kier alpha value is -1.55. The van der Waals surface area contributed by atoms with Crippen molar-refractivity contribution < 1.29 is 17.9 Å². The molecule has 3 aromatic rings.